The number of rotatable bonds is 1. The first-order valence-corrected chi connectivity index (χ1v) is 4.47. The second kappa shape index (κ2) is 2.79. The minimum absolute atomic E-state index is 0.497. The van der Waals surface area contributed by atoms with Crippen LogP contribution in [0.1, 0.15) is 17.3 Å². The van der Waals surface area contributed by atoms with E-state index in [2.05, 4.69) is 4.98 Å². The minimum Gasteiger partial charge on any atom is -0.389 e. The molecule has 0 radical (unpaired) electrons. The van der Waals surface area contributed by atoms with Crippen molar-refractivity contribution < 1.29 is 4.74 Å². The monoisotopic (exact) mass is 170 g/mol. The highest BCUT2D eigenvalue weighted by molar-refractivity contribution is 7.15. The topological polar surface area (TPSA) is 48.1 Å². The van der Waals surface area contributed by atoms with E-state index in [1.54, 1.807) is 17.5 Å². The number of ether oxygens (including phenoxy) is 1. The SMILES string of the molecule is Nc1cnc(C2CCOC2)s1. The van der Waals surface area contributed by atoms with Crippen LogP contribution >= 0.6 is 11.3 Å². The number of nitrogens with two attached hydrogens (primary N) is 1. The summed E-state index contributed by atoms with van der Waals surface area (Å²) in [7, 11) is 0. The van der Waals surface area contributed by atoms with Gasteiger partial charge >= 0.3 is 0 Å². The van der Waals surface area contributed by atoms with Gasteiger partial charge in [0, 0.05) is 12.5 Å². The maximum absolute atomic E-state index is 5.56. The number of thiazole rings is 1. The molecule has 1 unspecified atom stereocenters. The van der Waals surface area contributed by atoms with E-state index in [4.69, 9.17) is 10.5 Å². The highest BCUT2D eigenvalue weighted by atomic mass is 32.1. The van der Waals surface area contributed by atoms with E-state index in [0.29, 0.717) is 5.92 Å². The number of aromatic nitrogens is 1. The number of nitrogens with zero attached hydrogens (tertiary/aromatic N) is 1. The van der Waals surface area contributed by atoms with Gasteiger partial charge in [0.2, 0.25) is 0 Å². The summed E-state index contributed by atoms with van der Waals surface area (Å²) in [5.41, 5.74) is 5.56. The van der Waals surface area contributed by atoms with Crippen LogP contribution in [0, 0.1) is 0 Å². The van der Waals surface area contributed by atoms with Gasteiger partial charge in [-0.25, -0.2) is 4.98 Å². The summed E-state index contributed by atoms with van der Waals surface area (Å²) in [6.45, 7) is 1.68. The van der Waals surface area contributed by atoms with Crippen molar-refractivity contribution in [1.29, 1.82) is 0 Å². The average Bonchev–Trinajstić information content (AvgIpc) is 2.55. The Kier molecular flexibility index (Phi) is 1.79. The zero-order valence-electron chi connectivity index (χ0n) is 6.12. The maximum atomic E-state index is 5.56. The van der Waals surface area contributed by atoms with Gasteiger partial charge in [-0.2, -0.15) is 0 Å². The van der Waals surface area contributed by atoms with Crippen LogP contribution in [0.25, 0.3) is 0 Å². The van der Waals surface area contributed by atoms with E-state index in [1.807, 2.05) is 0 Å². The molecule has 1 aromatic rings. The van der Waals surface area contributed by atoms with Gasteiger partial charge in [-0.15, -0.1) is 11.3 Å². The Balaban J connectivity index is 2.15. The molecule has 1 aromatic heterocycles. The third-order valence-corrected chi connectivity index (χ3v) is 2.81. The molecule has 0 saturated carbocycles. The Morgan fingerprint density at radius 1 is 1.73 bits per heavy atom. The van der Waals surface area contributed by atoms with E-state index in [-0.39, 0.29) is 0 Å². The molecule has 0 aliphatic carbocycles. The fourth-order valence-corrected chi connectivity index (χ4v) is 2.02. The second-order valence-corrected chi connectivity index (χ2v) is 3.76. The van der Waals surface area contributed by atoms with Gasteiger partial charge in [0.1, 0.15) is 10.0 Å². The van der Waals surface area contributed by atoms with Crippen molar-refractivity contribution in [1.82, 2.24) is 4.98 Å². The molecule has 3 nitrogen and oxygen atoms in total. The van der Waals surface area contributed by atoms with E-state index >= 15 is 0 Å². The molecule has 2 rings (SSSR count). The van der Waals surface area contributed by atoms with Gasteiger partial charge < -0.3 is 10.5 Å². The zero-order valence-corrected chi connectivity index (χ0v) is 6.93. The quantitative estimate of drug-likeness (QED) is 0.689. The standard InChI is InChI=1S/C7H10N2OS/c8-6-3-9-7(11-6)5-1-2-10-4-5/h3,5H,1-2,4,8H2. The Bertz CT molecular complexity index is 242. The molecule has 60 valence electrons. The molecule has 1 atom stereocenters. The molecule has 4 heteroatoms. The van der Waals surface area contributed by atoms with Gasteiger partial charge in [0.25, 0.3) is 0 Å². The number of hydrogen-bond donors (Lipinski definition) is 1. The Morgan fingerprint density at radius 2 is 2.64 bits per heavy atom. The molecule has 1 saturated heterocycles. The highest BCUT2D eigenvalue weighted by Gasteiger charge is 2.20. The molecule has 0 bridgehead atoms. The Labute approximate surface area is 69.2 Å². The summed E-state index contributed by atoms with van der Waals surface area (Å²) in [6.07, 6.45) is 2.81. The van der Waals surface area contributed by atoms with Crippen LogP contribution in [0.3, 0.4) is 0 Å². The molecule has 11 heavy (non-hydrogen) atoms. The van der Waals surface area contributed by atoms with Crippen LogP contribution in [0.2, 0.25) is 0 Å². The number of nitrogen functional groups attached to an aromatic ring is 1. The summed E-state index contributed by atoms with van der Waals surface area (Å²) in [4.78, 5) is 4.21. The Hall–Kier alpha value is -0.610. The van der Waals surface area contributed by atoms with Crippen molar-refractivity contribution >= 4 is 16.3 Å². The first-order chi connectivity index (χ1) is 5.36. The lowest BCUT2D eigenvalue weighted by Crippen LogP contribution is -1.95. The normalized spacial score (nSPS) is 24.2. The summed E-state index contributed by atoms with van der Waals surface area (Å²) in [5.74, 6) is 0.497. The van der Waals surface area contributed by atoms with Gasteiger partial charge in [-0.05, 0) is 6.42 Å². The van der Waals surface area contributed by atoms with Crippen molar-refractivity contribution in [2.24, 2.45) is 0 Å². The van der Waals surface area contributed by atoms with Crippen molar-refractivity contribution in [3.63, 3.8) is 0 Å². The van der Waals surface area contributed by atoms with Gasteiger partial charge in [-0.3, -0.25) is 0 Å². The molecule has 1 fully saturated rings. The molecular weight excluding hydrogens is 160 g/mol. The molecule has 2 N–H and O–H groups in total. The smallest absolute Gasteiger partial charge is 0.106 e. The van der Waals surface area contributed by atoms with E-state index < -0.39 is 0 Å². The third kappa shape index (κ3) is 1.36. The summed E-state index contributed by atoms with van der Waals surface area (Å²) in [5, 5.41) is 1.92. The van der Waals surface area contributed by atoms with Crippen LogP contribution in [-0.4, -0.2) is 18.2 Å². The summed E-state index contributed by atoms with van der Waals surface area (Å²) < 4.78 is 5.25. The zero-order chi connectivity index (χ0) is 7.68. The van der Waals surface area contributed by atoms with Crippen LogP contribution < -0.4 is 5.73 Å². The van der Waals surface area contributed by atoms with Crippen molar-refractivity contribution in [2.45, 2.75) is 12.3 Å². The maximum Gasteiger partial charge on any atom is 0.106 e. The van der Waals surface area contributed by atoms with Crippen molar-refractivity contribution in [2.75, 3.05) is 18.9 Å². The van der Waals surface area contributed by atoms with Crippen LogP contribution in [0.15, 0.2) is 6.20 Å². The van der Waals surface area contributed by atoms with Crippen molar-refractivity contribution in [3.05, 3.63) is 11.2 Å². The largest absolute Gasteiger partial charge is 0.389 e. The highest BCUT2D eigenvalue weighted by Crippen LogP contribution is 2.29. The predicted octanol–water partition coefficient (Wildman–Crippen LogP) is 1.23. The van der Waals surface area contributed by atoms with Crippen molar-refractivity contribution in [3.8, 4) is 0 Å². The first kappa shape index (κ1) is 7.06. The molecule has 2 heterocycles. The fourth-order valence-electron chi connectivity index (χ4n) is 1.22. The molecule has 0 aromatic carbocycles. The van der Waals surface area contributed by atoms with E-state index in [9.17, 15) is 0 Å². The second-order valence-electron chi connectivity index (χ2n) is 2.66. The average molecular weight is 170 g/mol. The molecule has 0 spiro atoms. The summed E-state index contributed by atoms with van der Waals surface area (Å²) >= 11 is 1.57. The van der Waals surface area contributed by atoms with E-state index in [0.717, 1.165) is 29.6 Å². The van der Waals surface area contributed by atoms with Gasteiger partial charge in [0.15, 0.2) is 0 Å². The lowest BCUT2D eigenvalue weighted by molar-refractivity contribution is 0.194. The predicted molar refractivity (Wildman–Crippen MR) is 44.7 cm³/mol. The fraction of sp³-hybridized carbons (Fsp3) is 0.571. The summed E-state index contributed by atoms with van der Waals surface area (Å²) in [6, 6.07) is 0. The van der Waals surface area contributed by atoms with Crippen LogP contribution in [0.5, 0.6) is 0 Å². The minimum atomic E-state index is 0.497. The van der Waals surface area contributed by atoms with Gasteiger partial charge in [-0.1, -0.05) is 0 Å². The molecule has 1 aliphatic rings. The van der Waals surface area contributed by atoms with Crippen LogP contribution in [-0.2, 0) is 4.74 Å². The number of anilines is 1. The Morgan fingerprint density at radius 3 is 3.18 bits per heavy atom. The molecular formula is C7H10N2OS. The van der Waals surface area contributed by atoms with E-state index in [1.165, 1.54) is 0 Å². The van der Waals surface area contributed by atoms with Crippen LogP contribution in [0.4, 0.5) is 5.00 Å². The third-order valence-electron chi connectivity index (χ3n) is 1.82. The number of hydrogen-bond acceptors (Lipinski definition) is 4. The molecule has 0 amide bonds. The van der Waals surface area contributed by atoms with Gasteiger partial charge in [0.05, 0.1) is 12.8 Å². The lowest BCUT2D eigenvalue weighted by Gasteiger charge is -1.99. The first-order valence-electron chi connectivity index (χ1n) is 3.65. The molecule has 1 aliphatic heterocycles. The lowest BCUT2D eigenvalue weighted by atomic mass is 10.1.